The Hall–Kier alpha value is -2.51. The van der Waals surface area contributed by atoms with E-state index in [0.717, 1.165) is 48.0 Å². The van der Waals surface area contributed by atoms with Crippen molar-refractivity contribution in [2.75, 3.05) is 31.1 Å². The summed E-state index contributed by atoms with van der Waals surface area (Å²) in [7, 11) is 1.97. The van der Waals surface area contributed by atoms with Crippen LogP contribution in [0.25, 0.3) is 11.4 Å². The second-order valence-corrected chi connectivity index (χ2v) is 7.57. The molecule has 0 aliphatic carbocycles. The molecular weight excluding hydrogens is 373 g/mol. The lowest BCUT2D eigenvalue weighted by Crippen LogP contribution is -2.47. The van der Waals surface area contributed by atoms with E-state index in [9.17, 15) is 4.39 Å². The largest absolute Gasteiger partial charge is 0.369 e. The lowest BCUT2D eigenvalue weighted by Gasteiger charge is -2.35. The Labute approximate surface area is 169 Å². The molecule has 1 saturated heterocycles. The second-order valence-electron chi connectivity index (χ2n) is 7.20. The van der Waals surface area contributed by atoms with Gasteiger partial charge in [-0.2, -0.15) is 5.10 Å². The molecule has 0 saturated carbocycles. The third kappa shape index (κ3) is 3.72. The summed E-state index contributed by atoms with van der Waals surface area (Å²) >= 11 is 5.63. The number of hydrogen-bond acceptors (Lipinski definition) is 4. The molecule has 1 fully saturated rings. The molecule has 3 aromatic rings. The van der Waals surface area contributed by atoms with Gasteiger partial charge in [0, 0.05) is 44.5 Å². The maximum absolute atomic E-state index is 13.1. The lowest BCUT2D eigenvalue weighted by molar-refractivity contribution is 0.194. The highest BCUT2D eigenvalue weighted by Gasteiger charge is 2.19. The average molecular weight is 398 g/mol. The number of piperazine rings is 1. The van der Waals surface area contributed by atoms with Crippen molar-refractivity contribution >= 4 is 17.9 Å². The number of nitrogens with zero attached hydrogens (tertiary/aromatic N) is 5. The minimum atomic E-state index is -0.198. The molecule has 4 rings (SSSR count). The van der Waals surface area contributed by atoms with Gasteiger partial charge in [0.05, 0.1) is 6.67 Å². The van der Waals surface area contributed by atoms with E-state index in [1.54, 1.807) is 0 Å². The summed E-state index contributed by atoms with van der Waals surface area (Å²) in [6.45, 7) is 6.39. The number of halogens is 1. The summed E-state index contributed by atoms with van der Waals surface area (Å²) in [5, 5.41) is 4.80. The zero-order valence-corrected chi connectivity index (χ0v) is 17.0. The van der Waals surface area contributed by atoms with Crippen LogP contribution in [0.15, 0.2) is 48.5 Å². The summed E-state index contributed by atoms with van der Waals surface area (Å²) in [5.74, 6) is 0.699. The highest BCUT2D eigenvalue weighted by molar-refractivity contribution is 7.71. The van der Waals surface area contributed by atoms with Gasteiger partial charge in [-0.15, -0.1) is 0 Å². The number of aryl methyl sites for hydroxylation is 1. The van der Waals surface area contributed by atoms with E-state index in [4.69, 9.17) is 17.3 Å². The minimum Gasteiger partial charge on any atom is -0.369 e. The smallest absolute Gasteiger partial charge is 0.199 e. The molecule has 146 valence electrons. The van der Waals surface area contributed by atoms with E-state index < -0.39 is 0 Å². The van der Waals surface area contributed by atoms with Crippen LogP contribution in [0.5, 0.6) is 0 Å². The SMILES string of the molecule is Cc1ccccc1-c1nn(CN2CCN(c3ccc(F)cc3)CC2)c(=S)n1C. The first-order valence-corrected chi connectivity index (χ1v) is 9.86. The molecule has 0 atom stereocenters. The van der Waals surface area contributed by atoms with Crippen LogP contribution in [0.4, 0.5) is 10.1 Å². The molecule has 2 heterocycles. The summed E-state index contributed by atoms with van der Waals surface area (Å²) in [6.07, 6.45) is 0. The number of rotatable bonds is 4. The highest BCUT2D eigenvalue weighted by Crippen LogP contribution is 2.22. The molecular formula is C21H24FN5S. The maximum atomic E-state index is 13.1. The van der Waals surface area contributed by atoms with Gasteiger partial charge in [-0.1, -0.05) is 24.3 Å². The average Bonchev–Trinajstić information content (AvgIpc) is 2.98. The fraction of sp³-hybridized carbons (Fsp3) is 0.333. The number of benzene rings is 2. The topological polar surface area (TPSA) is 29.2 Å². The molecule has 1 aliphatic rings. The van der Waals surface area contributed by atoms with Gasteiger partial charge < -0.3 is 9.47 Å². The minimum absolute atomic E-state index is 0.198. The van der Waals surface area contributed by atoms with Crippen LogP contribution < -0.4 is 4.90 Å². The van der Waals surface area contributed by atoms with Gasteiger partial charge in [0.15, 0.2) is 10.6 Å². The zero-order valence-electron chi connectivity index (χ0n) is 16.2. The van der Waals surface area contributed by atoms with Crippen molar-refractivity contribution in [1.82, 2.24) is 19.2 Å². The fourth-order valence-corrected chi connectivity index (χ4v) is 3.81. The molecule has 5 nitrogen and oxygen atoms in total. The van der Waals surface area contributed by atoms with Crippen LogP contribution in [-0.4, -0.2) is 45.4 Å². The number of aromatic nitrogens is 3. The third-order valence-electron chi connectivity index (χ3n) is 5.32. The second kappa shape index (κ2) is 7.85. The van der Waals surface area contributed by atoms with Crippen molar-refractivity contribution in [3.05, 3.63) is 64.7 Å². The number of anilines is 1. The standard InChI is InChI=1S/C21H24FN5S/c1-16-5-3-4-6-19(16)20-23-27(21(28)24(20)2)15-25-11-13-26(14-12-25)18-9-7-17(22)8-10-18/h3-10H,11-15H2,1-2H3. The predicted octanol–water partition coefficient (Wildman–Crippen LogP) is 3.85. The van der Waals surface area contributed by atoms with Gasteiger partial charge in [-0.3, -0.25) is 4.90 Å². The molecule has 7 heteroatoms. The Bertz CT molecular complexity index is 1020. The van der Waals surface area contributed by atoms with Crippen LogP contribution in [0, 0.1) is 17.5 Å². The summed E-state index contributed by atoms with van der Waals surface area (Å²) in [4.78, 5) is 4.64. The molecule has 1 aromatic heterocycles. The third-order valence-corrected chi connectivity index (χ3v) is 5.81. The molecule has 1 aliphatic heterocycles. The van der Waals surface area contributed by atoms with Crippen molar-refractivity contribution in [3.8, 4) is 11.4 Å². The summed E-state index contributed by atoms with van der Waals surface area (Å²) in [6, 6.07) is 14.9. The van der Waals surface area contributed by atoms with Crippen LogP contribution in [0.1, 0.15) is 5.56 Å². The summed E-state index contributed by atoms with van der Waals surface area (Å²) < 4.78 is 17.7. The van der Waals surface area contributed by atoms with Crippen LogP contribution in [0.2, 0.25) is 0 Å². The van der Waals surface area contributed by atoms with Gasteiger partial charge in [0.2, 0.25) is 0 Å². The van der Waals surface area contributed by atoms with Crippen molar-refractivity contribution in [2.24, 2.45) is 7.05 Å². The molecule has 0 spiro atoms. The van der Waals surface area contributed by atoms with Crippen molar-refractivity contribution < 1.29 is 4.39 Å². The Balaban J connectivity index is 1.46. The summed E-state index contributed by atoms with van der Waals surface area (Å²) in [5.41, 5.74) is 3.36. The molecule has 0 bridgehead atoms. The maximum Gasteiger partial charge on any atom is 0.199 e. The van der Waals surface area contributed by atoms with E-state index in [0.29, 0.717) is 6.67 Å². The van der Waals surface area contributed by atoms with E-state index in [2.05, 4.69) is 28.9 Å². The predicted molar refractivity (Wildman–Crippen MR) is 112 cm³/mol. The molecule has 0 radical (unpaired) electrons. The first-order valence-electron chi connectivity index (χ1n) is 9.45. The zero-order chi connectivity index (χ0) is 19.7. The van der Waals surface area contributed by atoms with Gasteiger partial charge in [0.25, 0.3) is 0 Å². The first kappa shape index (κ1) is 18.8. The molecule has 28 heavy (non-hydrogen) atoms. The Morgan fingerprint density at radius 3 is 2.36 bits per heavy atom. The van der Waals surface area contributed by atoms with Crippen molar-refractivity contribution in [1.29, 1.82) is 0 Å². The Kier molecular flexibility index (Phi) is 5.28. The fourth-order valence-electron chi connectivity index (χ4n) is 3.63. The van der Waals surface area contributed by atoms with Gasteiger partial charge in [-0.05, 0) is 49.0 Å². The van der Waals surface area contributed by atoms with Crippen LogP contribution >= 0.6 is 12.2 Å². The van der Waals surface area contributed by atoms with E-state index >= 15 is 0 Å². The van der Waals surface area contributed by atoms with E-state index in [1.165, 1.54) is 17.7 Å². The molecule has 2 aromatic carbocycles. The van der Waals surface area contributed by atoms with Crippen molar-refractivity contribution in [3.63, 3.8) is 0 Å². The molecule has 0 amide bonds. The highest BCUT2D eigenvalue weighted by atomic mass is 32.1. The Morgan fingerprint density at radius 1 is 1.00 bits per heavy atom. The van der Waals surface area contributed by atoms with E-state index in [-0.39, 0.29) is 5.82 Å². The van der Waals surface area contributed by atoms with E-state index in [1.807, 2.05) is 40.6 Å². The van der Waals surface area contributed by atoms with Gasteiger partial charge in [-0.25, -0.2) is 9.07 Å². The van der Waals surface area contributed by atoms with Gasteiger partial charge in [0.1, 0.15) is 5.82 Å². The number of hydrogen-bond donors (Lipinski definition) is 0. The monoisotopic (exact) mass is 397 g/mol. The normalized spacial score (nSPS) is 15.2. The molecule has 0 unspecified atom stereocenters. The Morgan fingerprint density at radius 2 is 1.68 bits per heavy atom. The lowest BCUT2D eigenvalue weighted by atomic mass is 10.1. The molecule has 0 N–H and O–H groups in total. The van der Waals surface area contributed by atoms with Crippen LogP contribution in [0.3, 0.4) is 0 Å². The first-order chi connectivity index (χ1) is 13.5. The van der Waals surface area contributed by atoms with Gasteiger partial charge >= 0.3 is 0 Å². The van der Waals surface area contributed by atoms with Crippen LogP contribution in [-0.2, 0) is 13.7 Å². The van der Waals surface area contributed by atoms with Crippen molar-refractivity contribution in [2.45, 2.75) is 13.6 Å². The quantitative estimate of drug-likeness (QED) is 0.626.